The van der Waals surface area contributed by atoms with Crippen molar-refractivity contribution in [3.63, 3.8) is 0 Å². The highest BCUT2D eigenvalue weighted by Gasteiger charge is 2.12. The third kappa shape index (κ3) is 3.12. The molecule has 1 aromatic carbocycles. The highest BCUT2D eigenvalue weighted by atomic mass is 16.5. The lowest BCUT2D eigenvalue weighted by Crippen LogP contribution is -2.31. The number of aryl methyl sites for hydroxylation is 1. The number of aliphatic hydroxyl groups excluding tert-OH is 2. The van der Waals surface area contributed by atoms with Gasteiger partial charge >= 0.3 is 0 Å². The Hall–Kier alpha value is -1.26. The van der Waals surface area contributed by atoms with Crippen LogP contribution in [0.4, 0.5) is 5.69 Å². The molecule has 4 nitrogen and oxygen atoms in total. The predicted molar refractivity (Wildman–Crippen MR) is 64.1 cm³/mol. The van der Waals surface area contributed by atoms with E-state index in [1.165, 1.54) is 0 Å². The fraction of sp³-hybridized carbons (Fsp3) is 0.500. The minimum atomic E-state index is -0.741. The molecule has 1 unspecified atom stereocenters. The van der Waals surface area contributed by atoms with Crippen molar-refractivity contribution in [2.75, 3.05) is 32.2 Å². The molecule has 1 aromatic rings. The van der Waals surface area contributed by atoms with E-state index < -0.39 is 6.10 Å². The second-order valence-corrected chi connectivity index (χ2v) is 3.89. The van der Waals surface area contributed by atoms with Crippen molar-refractivity contribution in [2.24, 2.45) is 0 Å². The van der Waals surface area contributed by atoms with Crippen LogP contribution in [0.5, 0.6) is 5.75 Å². The van der Waals surface area contributed by atoms with Gasteiger partial charge < -0.3 is 19.8 Å². The first-order valence-electron chi connectivity index (χ1n) is 5.23. The van der Waals surface area contributed by atoms with Gasteiger partial charge in [0.05, 0.1) is 25.5 Å². The van der Waals surface area contributed by atoms with Crippen molar-refractivity contribution in [2.45, 2.75) is 13.0 Å². The number of benzene rings is 1. The molecule has 4 heteroatoms. The summed E-state index contributed by atoms with van der Waals surface area (Å²) < 4.78 is 5.25. The van der Waals surface area contributed by atoms with Crippen LogP contribution in [0.25, 0.3) is 0 Å². The largest absolute Gasteiger partial charge is 0.495 e. The van der Waals surface area contributed by atoms with Gasteiger partial charge in [-0.1, -0.05) is 6.07 Å². The summed E-state index contributed by atoms with van der Waals surface area (Å²) in [6.07, 6.45) is -0.741. The van der Waals surface area contributed by atoms with E-state index in [0.717, 1.165) is 17.0 Å². The molecule has 0 amide bonds. The third-order valence-corrected chi connectivity index (χ3v) is 2.44. The van der Waals surface area contributed by atoms with Gasteiger partial charge in [0.1, 0.15) is 5.75 Å². The Morgan fingerprint density at radius 1 is 1.44 bits per heavy atom. The van der Waals surface area contributed by atoms with Gasteiger partial charge in [-0.2, -0.15) is 0 Å². The molecular formula is C12H19NO3. The zero-order chi connectivity index (χ0) is 12.1. The SMILES string of the molecule is COc1ccc(C)cc1N(C)CC(O)CO. The van der Waals surface area contributed by atoms with Crippen molar-refractivity contribution >= 4 is 5.69 Å². The third-order valence-electron chi connectivity index (χ3n) is 2.44. The maximum atomic E-state index is 9.39. The summed E-state index contributed by atoms with van der Waals surface area (Å²) in [5, 5.41) is 18.2. The summed E-state index contributed by atoms with van der Waals surface area (Å²) >= 11 is 0. The molecule has 0 saturated heterocycles. The van der Waals surface area contributed by atoms with Crippen molar-refractivity contribution in [3.05, 3.63) is 23.8 Å². The zero-order valence-electron chi connectivity index (χ0n) is 9.97. The number of nitrogens with zero attached hydrogens (tertiary/aromatic N) is 1. The number of hydrogen-bond donors (Lipinski definition) is 2. The Morgan fingerprint density at radius 2 is 2.12 bits per heavy atom. The van der Waals surface area contributed by atoms with E-state index in [2.05, 4.69) is 0 Å². The number of aliphatic hydroxyl groups is 2. The van der Waals surface area contributed by atoms with Gasteiger partial charge in [0, 0.05) is 13.6 Å². The summed E-state index contributed by atoms with van der Waals surface area (Å²) in [6.45, 7) is 2.13. The highest BCUT2D eigenvalue weighted by molar-refractivity contribution is 5.59. The van der Waals surface area contributed by atoms with E-state index >= 15 is 0 Å². The molecule has 1 atom stereocenters. The minimum absolute atomic E-state index is 0.238. The fourth-order valence-corrected chi connectivity index (χ4v) is 1.57. The van der Waals surface area contributed by atoms with E-state index in [0.29, 0.717) is 6.54 Å². The maximum Gasteiger partial charge on any atom is 0.142 e. The van der Waals surface area contributed by atoms with Crippen LogP contribution in [0.3, 0.4) is 0 Å². The van der Waals surface area contributed by atoms with E-state index in [4.69, 9.17) is 9.84 Å². The number of hydrogen-bond acceptors (Lipinski definition) is 4. The molecule has 1 rings (SSSR count). The van der Waals surface area contributed by atoms with Gasteiger partial charge in [-0.15, -0.1) is 0 Å². The molecular weight excluding hydrogens is 206 g/mol. The quantitative estimate of drug-likeness (QED) is 0.778. The molecule has 0 fully saturated rings. The fourth-order valence-electron chi connectivity index (χ4n) is 1.57. The lowest BCUT2D eigenvalue weighted by molar-refractivity contribution is 0.101. The van der Waals surface area contributed by atoms with Crippen molar-refractivity contribution in [3.8, 4) is 5.75 Å². The van der Waals surface area contributed by atoms with Crippen LogP contribution in [0.2, 0.25) is 0 Å². The van der Waals surface area contributed by atoms with Gasteiger partial charge in [-0.25, -0.2) is 0 Å². The average molecular weight is 225 g/mol. The summed E-state index contributed by atoms with van der Waals surface area (Å²) in [5.74, 6) is 0.762. The van der Waals surface area contributed by atoms with Crippen LogP contribution in [0, 0.1) is 6.92 Å². The van der Waals surface area contributed by atoms with Crippen LogP contribution in [0.15, 0.2) is 18.2 Å². The molecule has 0 radical (unpaired) electrons. The highest BCUT2D eigenvalue weighted by Crippen LogP contribution is 2.28. The van der Waals surface area contributed by atoms with E-state index in [-0.39, 0.29) is 6.61 Å². The molecule has 0 aliphatic heterocycles. The molecule has 2 N–H and O–H groups in total. The van der Waals surface area contributed by atoms with Crippen LogP contribution < -0.4 is 9.64 Å². The van der Waals surface area contributed by atoms with Gasteiger partial charge in [0.2, 0.25) is 0 Å². The Bertz CT molecular complexity index is 341. The standard InChI is InChI=1S/C12H19NO3/c1-9-4-5-12(16-3)11(6-9)13(2)7-10(15)8-14/h4-6,10,14-15H,7-8H2,1-3H3. The van der Waals surface area contributed by atoms with Crippen molar-refractivity contribution in [1.29, 1.82) is 0 Å². The topological polar surface area (TPSA) is 52.9 Å². The zero-order valence-corrected chi connectivity index (χ0v) is 9.97. The Morgan fingerprint density at radius 3 is 2.69 bits per heavy atom. The Labute approximate surface area is 96.1 Å². The van der Waals surface area contributed by atoms with Crippen molar-refractivity contribution < 1.29 is 14.9 Å². The number of likely N-dealkylation sites (N-methyl/N-ethyl adjacent to an activating group) is 1. The average Bonchev–Trinajstić information content (AvgIpc) is 2.28. The predicted octanol–water partition coefficient (Wildman–Crippen LogP) is 0.793. The van der Waals surface area contributed by atoms with E-state index in [1.54, 1.807) is 7.11 Å². The van der Waals surface area contributed by atoms with E-state index in [9.17, 15) is 5.11 Å². The van der Waals surface area contributed by atoms with Crippen molar-refractivity contribution in [1.82, 2.24) is 0 Å². The van der Waals surface area contributed by atoms with Gasteiger partial charge in [-0.3, -0.25) is 0 Å². The summed E-state index contributed by atoms with van der Waals surface area (Å²) in [6, 6.07) is 5.86. The van der Waals surface area contributed by atoms with Gasteiger partial charge in [0.25, 0.3) is 0 Å². The molecule has 0 spiro atoms. The van der Waals surface area contributed by atoms with Crippen LogP contribution >= 0.6 is 0 Å². The van der Waals surface area contributed by atoms with Crippen LogP contribution in [-0.4, -0.2) is 43.6 Å². The summed E-state index contributed by atoms with van der Waals surface area (Å²) in [4.78, 5) is 1.87. The smallest absolute Gasteiger partial charge is 0.142 e. The Balaban J connectivity index is 2.88. The molecule has 0 aliphatic rings. The number of anilines is 1. The molecule has 0 bridgehead atoms. The summed E-state index contributed by atoms with van der Waals surface area (Å²) in [5.41, 5.74) is 2.04. The monoisotopic (exact) mass is 225 g/mol. The minimum Gasteiger partial charge on any atom is -0.495 e. The molecule has 0 aliphatic carbocycles. The molecule has 0 saturated carbocycles. The first-order chi connectivity index (χ1) is 7.58. The molecule has 0 aromatic heterocycles. The summed E-state index contributed by atoms with van der Waals surface area (Å²) in [7, 11) is 3.47. The second kappa shape index (κ2) is 5.72. The lowest BCUT2D eigenvalue weighted by atomic mass is 10.2. The lowest BCUT2D eigenvalue weighted by Gasteiger charge is -2.24. The van der Waals surface area contributed by atoms with Crippen LogP contribution in [-0.2, 0) is 0 Å². The second-order valence-electron chi connectivity index (χ2n) is 3.89. The number of rotatable bonds is 5. The number of ether oxygens (including phenoxy) is 1. The first-order valence-corrected chi connectivity index (χ1v) is 5.23. The van der Waals surface area contributed by atoms with E-state index in [1.807, 2.05) is 37.1 Å². The molecule has 0 heterocycles. The maximum absolute atomic E-state index is 9.39. The Kier molecular flexibility index (Phi) is 4.58. The first kappa shape index (κ1) is 12.8. The van der Waals surface area contributed by atoms with Gasteiger partial charge in [-0.05, 0) is 24.6 Å². The molecule has 90 valence electrons. The normalized spacial score (nSPS) is 12.3. The molecule has 16 heavy (non-hydrogen) atoms. The van der Waals surface area contributed by atoms with Crippen LogP contribution in [0.1, 0.15) is 5.56 Å². The number of methoxy groups -OCH3 is 1. The van der Waals surface area contributed by atoms with Gasteiger partial charge in [0.15, 0.2) is 0 Å².